The molecule has 0 saturated carbocycles. The van der Waals surface area contributed by atoms with E-state index < -0.39 is 0 Å². The van der Waals surface area contributed by atoms with Crippen LogP contribution in [0.5, 0.6) is 0 Å². The highest BCUT2D eigenvalue weighted by Crippen LogP contribution is 2.07. The predicted octanol–water partition coefficient (Wildman–Crippen LogP) is 1.33. The number of ether oxygens (including phenoxy) is 3. The van der Waals surface area contributed by atoms with E-state index in [0.717, 1.165) is 0 Å². The Morgan fingerprint density at radius 2 is 1.11 bits per heavy atom. The Balaban J connectivity index is 4.07. The van der Waals surface area contributed by atoms with Crippen molar-refractivity contribution in [3.8, 4) is 0 Å². The van der Waals surface area contributed by atoms with Crippen molar-refractivity contribution < 1.29 is 14.2 Å². The third kappa shape index (κ3) is 9.06. The fraction of sp³-hybridized carbons (Fsp3) is 1.00. The SMILES string of the molecule is [B]CC(C)OCC(COC(C)C[B])OC(C)C[B]. The summed E-state index contributed by atoms with van der Waals surface area (Å²) in [5.74, 6) is 0. The Morgan fingerprint density at radius 3 is 1.44 bits per heavy atom. The minimum absolute atomic E-state index is 0.0104. The summed E-state index contributed by atoms with van der Waals surface area (Å²) in [7, 11) is 16.5. The van der Waals surface area contributed by atoms with Gasteiger partial charge in [0.05, 0.1) is 36.8 Å². The zero-order valence-electron chi connectivity index (χ0n) is 11.8. The van der Waals surface area contributed by atoms with Gasteiger partial charge in [0.1, 0.15) is 6.10 Å². The second-order valence-corrected chi connectivity index (χ2v) is 4.56. The zero-order valence-corrected chi connectivity index (χ0v) is 11.8. The predicted molar refractivity (Wildman–Crippen MR) is 76.8 cm³/mol. The molecule has 0 aliphatic rings. The van der Waals surface area contributed by atoms with E-state index in [4.69, 9.17) is 37.7 Å². The van der Waals surface area contributed by atoms with Crippen LogP contribution in [0.4, 0.5) is 0 Å². The Kier molecular flexibility index (Phi) is 11.0. The largest absolute Gasteiger partial charge is 0.376 e. The Hall–Kier alpha value is 0.0748. The molecule has 0 bridgehead atoms. The summed E-state index contributed by atoms with van der Waals surface area (Å²) in [6.07, 6.45) is 1.29. The Bertz CT molecular complexity index is 181. The maximum absolute atomic E-state index is 5.73. The van der Waals surface area contributed by atoms with Crippen LogP contribution in [-0.4, -0.2) is 61.2 Å². The monoisotopic (exact) mass is 248 g/mol. The van der Waals surface area contributed by atoms with E-state index in [-0.39, 0.29) is 24.4 Å². The molecule has 0 aromatic rings. The van der Waals surface area contributed by atoms with Crippen LogP contribution in [0.15, 0.2) is 0 Å². The molecule has 6 heteroatoms. The van der Waals surface area contributed by atoms with E-state index in [1.54, 1.807) is 0 Å². The normalized spacial score (nSPS) is 18.2. The maximum Gasteiger partial charge on any atom is 0.104 e. The highest BCUT2D eigenvalue weighted by atomic mass is 16.6. The lowest BCUT2D eigenvalue weighted by atomic mass is 10.0. The quantitative estimate of drug-likeness (QED) is 0.516. The summed E-state index contributed by atoms with van der Waals surface area (Å²) in [4.78, 5) is 0. The minimum Gasteiger partial charge on any atom is -0.376 e. The van der Waals surface area contributed by atoms with Gasteiger partial charge in [0.2, 0.25) is 0 Å². The molecule has 98 valence electrons. The van der Waals surface area contributed by atoms with E-state index in [0.29, 0.717) is 32.2 Å². The van der Waals surface area contributed by atoms with Crippen molar-refractivity contribution in [3.05, 3.63) is 0 Å². The fourth-order valence-corrected chi connectivity index (χ4v) is 1.19. The van der Waals surface area contributed by atoms with Gasteiger partial charge in [-0.2, -0.15) is 0 Å². The second-order valence-electron chi connectivity index (χ2n) is 4.56. The Labute approximate surface area is 116 Å². The molecular formula is C12H23B3O3. The summed E-state index contributed by atoms with van der Waals surface area (Å²) in [6.45, 7) is 6.66. The lowest BCUT2D eigenvalue weighted by molar-refractivity contribution is -0.0988. The molecule has 0 rings (SSSR count). The molecule has 6 radical (unpaired) electrons. The van der Waals surface area contributed by atoms with Crippen LogP contribution < -0.4 is 0 Å². The second kappa shape index (κ2) is 10.9. The molecule has 0 fully saturated rings. The van der Waals surface area contributed by atoms with Crippen LogP contribution in [-0.2, 0) is 14.2 Å². The minimum atomic E-state index is -0.147. The Morgan fingerprint density at radius 1 is 0.722 bits per heavy atom. The smallest absolute Gasteiger partial charge is 0.104 e. The lowest BCUT2D eigenvalue weighted by Crippen LogP contribution is -2.32. The molecule has 0 amide bonds. The van der Waals surface area contributed by atoms with Crippen LogP contribution in [0.2, 0.25) is 19.0 Å². The van der Waals surface area contributed by atoms with E-state index in [1.165, 1.54) is 0 Å². The summed E-state index contributed by atoms with van der Waals surface area (Å²) in [6, 6.07) is 0. The molecule has 0 aliphatic heterocycles. The molecule has 0 aliphatic carbocycles. The molecule has 0 heterocycles. The van der Waals surface area contributed by atoms with Crippen LogP contribution in [0.1, 0.15) is 20.8 Å². The van der Waals surface area contributed by atoms with Crippen molar-refractivity contribution >= 4 is 23.5 Å². The van der Waals surface area contributed by atoms with Gasteiger partial charge in [-0.1, -0.05) is 19.0 Å². The van der Waals surface area contributed by atoms with Crippen molar-refractivity contribution in [2.75, 3.05) is 13.2 Å². The van der Waals surface area contributed by atoms with Crippen molar-refractivity contribution in [3.63, 3.8) is 0 Å². The van der Waals surface area contributed by atoms with Crippen molar-refractivity contribution in [2.45, 2.75) is 64.1 Å². The van der Waals surface area contributed by atoms with Gasteiger partial charge in [0, 0.05) is 18.3 Å². The molecule has 0 saturated heterocycles. The number of hydrogen-bond donors (Lipinski definition) is 0. The molecule has 3 atom stereocenters. The molecule has 0 aromatic heterocycles. The summed E-state index contributed by atoms with van der Waals surface area (Å²) < 4.78 is 16.9. The first-order chi connectivity index (χ1) is 8.53. The third-order valence-corrected chi connectivity index (χ3v) is 2.55. The molecule has 3 nitrogen and oxygen atoms in total. The van der Waals surface area contributed by atoms with Crippen molar-refractivity contribution in [1.82, 2.24) is 0 Å². The molecule has 0 N–H and O–H groups in total. The van der Waals surface area contributed by atoms with Crippen molar-refractivity contribution in [1.29, 1.82) is 0 Å². The first-order valence-corrected chi connectivity index (χ1v) is 6.52. The van der Waals surface area contributed by atoms with Gasteiger partial charge >= 0.3 is 0 Å². The van der Waals surface area contributed by atoms with E-state index >= 15 is 0 Å². The highest BCUT2D eigenvalue weighted by Gasteiger charge is 2.15. The zero-order chi connectivity index (χ0) is 14.0. The first kappa shape index (κ1) is 18.1. The van der Waals surface area contributed by atoms with Gasteiger partial charge in [0.15, 0.2) is 0 Å². The van der Waals surface area contributed by atoms with Gasteiger partial charge in [-0.15, -0.1) is 0 Å². The average Bonchev–Trinajstić information content (AvgIpc) is 2.40. The van der Waals surface area contributed by atoms with E-state index in [1.807, 2.05) is 20.8 Å². The van der Waals surface area contributed by atoms with Crippen LogP contribution in [0, 0.1) is 0 Å². The van der Waals surface area contributed by atoms with Crippen molar-refractivity contribution in [2.24, 2.45) is 0 Å². The van der Waals surface area contributed by atoms with Crippen LogP contribution in [0.3, 0.4) is 0 Å². The first-order valence-electron chi connectivity index (χ1n) is 6.52. The van der Waals surface area contributed by atoms with Gasteiger partial charge in [0.25, 0.3) is 0 Å². The fourth-order valence-electron chi connectivity index (χ4n) is 1.19. The number of rotatable bonds is 11. The summed E-state index contributed by atoms with van der Waals surface area (Å²) in [5, 5.41) is 0. The summed E-state index contributed by atoms with van der Waals surface area (Å²) >= 11 is 0. The maximum atomic E-state index is 5.73. The summed E-state index contributed by atoms with van der Waals surface area (Å²) in [5.41, 5.74) is 0. The van der Waals surface area contributed by atoms with E-state index in [9.17, 15) is 0 Å². The van der Waals surface area contributed by atoms with Gasteiger partial charge in [-0.05, 0) is 20.8 Å². The molecule has 18 heavy (non-hydrogen) atoms. The highest BCUT2D eigenvalue weighted by molar-refractivity contribution is 6.09. The van der Waals surface area contributed by atoms with E-state index in [2.05, 4.69) is 0 Å². The molecule has 0 aromatic carbocycles. The molecule has 0 spiro atoms. The van der Waals surface area contributed by atoms with Crippen LogP contribution in [0.25, 0.3) is 0 Å². The third-order valence-electron chi connectivity index (χ3n) is 2.55. The molecule has 3 unspecified atom stereocenters. The van der Waals surface area contributed by atoms with Gasteiger partial charge in [-0.25, -0.2) is 0 Å². The average molecular weight is 248 g/mol. The van der Waals surface area contributed by atoms with Gasteiger partial charge < -0.3 is 14.2 Å². The molecular weight excluding hydrogens is 225 g/mol. The van der Waals surface area contributed by atoms with Crippen LogP contribution >= 0.6 is 0 Å². The number of hydrogen-bond acceptors (Lipinski definition) is 3. The lowest BCUT2D eigenvalue weighted by Gasteiger charge is -2.25. The standard InChI is InChI=1S/C12H23B3O3/c1-9(4-13)16-7-12(18-11(3)6-15)8-17-10(2)5-14/h9-12H,4-8H2,1-3H3. The topological polar surface area (TPSA) is 27.7 Å². The van der Waals surface area contributed by atoms with Gasteiger partial charge in [-0.3, -0.25) is 0 Å².